The van der Waals surface area contributed by atoms with Gasteiger partial charge in [0.1, 0.15) is 0 Å². The van der Waals surface area contributed by atoms with Crippen molar-refractivity contribution in [2.45, 2.75) is 18.9 Å². The fraction of sp³-hybridized carbons (Fsp3) is 0.263. The Morgan fingerprint density at radius 3 is 1.96 bits per heavy atom. The van der Waals surface area contributed by atoms with E-state index in [1.807, 2.05) is 24.3 Å². The second kappa shape index (κ2) is 9.47. The first-order valence-electron chi connectivity index (χ1n) is 8.00. The van der Waals surface area contributed by atoms with Crippen molar-refractivity contribution < 1.29 is 14.7 Å². The third-order valence-corrected chi connectivity index (χ3v) is 3.64. The van der Waals surface area contributed by atoms with Crippen LogP contribution in [-0.4, -0.2) is 36.1 Å². The van der Waals surface area contributed by atoms with Crippen LogP contribution in [0.2, 0.25) is 0 Å². The molecule has 2 aromatic rings. The highest BCUT2D eigenvalue weighted by Gasteiger charge is 2.12. The van der Waals surface area contributed by atoms with Gasteiger partial charge in [-0.05, 0) is 37.1 Å². The molecule has 3 N–H and O–H groups in total. The zero-order valence-electron chi connectivity index (χ0n) is 13.4. The molecule has 0 bridgehead atoms. The number of nitrogens with one attached hydrogen (secondary N) is 2. The summed E-state index contributed by atoms with van der Waals surface area (Å²) in [6.07, 6.45) is 1.25. The van der Waals surface area contributed by atoms with Gasteiger partial charge in [-0.1, -0.05) is 36.4 Å². The highest BCUT2D eigenvalue weighted by molar-refractivity contribution is 5.94. The first-order chi connectivity index (χ1) is 11.7. The summed E-state index contributed by atoms with van der Waals surface area (Å²) in [5.41, 5.74) is 1.18. The first-order valence-corrected chi connectivity index (χ1v) is 8.00. The largest absolute Gasteiger partial charge is 0.394 e. The summed E-state index contributed by atoms with van der Waals surface area (Å²) in [6.45, 7) is 0.358. The number of rotatable bonds is 8. The zero-order chi connectivity index (χ0) is 17.2. The Kier molecular flexibility index (Phi) is 6.98. The van der Waals surface area contributed by atoms with Crippen LogP contribution in [0.3, 0.4) is 0 Å². The zero-order valence-corrected chi connectivity index (χ0v) is 13.4. The van der Waals surface area contributed by atoms with Gasteiger partial charge in [-0.25, -0.2) is 0 Å². The summed E-state index contributed by atoms with van der Waals surface area (Å²) in [7, 11) is 0. The Bertz CT molecular complexity index is 644. The number of aliphatic hydroxyl groups excluding tert-OH is 1. The maximum Gasteiger partial charge on any atom is 0.251 e. The molecule has 0 unspecified atom stereocenters. The van der Waals surface area contributed by atoms with E-state index in [1.165, 1.54) is 0 Å². The lowest BCUT2D eigenvalue weighted by atomic mass is 10.1. The molecule has 0 saturated carbocycles. The van der Waals surface area contributed by atoms with Crippen molar-refractivity contribution in [3.05, 3.63) is 71.8 Å². The average molecular weight is 326 g/mol. The van der Waals surface area contributed by atoms with E-state index in [0.717, 1.165) is 0 Å². The van der Waals surface area contributed by atoms with Gasteiger partial charge in [0.05, 0.1) is 12.6 Å². The SMILES string of the molecule is O=C(NCCC[C@H](CO)NC(=O)c1ccccc1)c1ccccc1. The minimum atomic E-state index is -0.327. The molecule has 0 aliphatic heterocycles. The van der Waals surface area contributed by atoms with E-state index in [-0.39, 0.29) is 24.5 Å². The maximum absolute atomic E-state index is 12.0. The lowest BCUT2D eigenvalue weighted by Crippen LogP contribution is -2.38. The number of aliphatic hydroxyl groups is 1. The molecule has 0 aliphatic rings. The van der Waals surface area contributed by atoms with Crippen molar-refractivity contribution in [1.82, 2.24) is 10.6 Å². The van der Waals surface area contributed by atoms with Crippen LogP contribution in [0, 0.1) is 0 Å². The Morgan fingerprint density at radius 1 is 0.875 bits per heavy atom. The fourth-order valence-corrected chi connectivity index (χ4v) is 2.31. The molecule has 0 aliphatic carbocycles. The molecule has 0 radical (unpaired) electrons. The Balaban J connectivity index is 1.72. The summed E-state index contributed by atoms with van der Waals surface area (Å²) in [6, 6.07) is 17.6. The summed E-state index contributed by atoms with van der Waals surface area (Å²) in [5.74, 6) is -0.326. The normalized spacial score (nSPS) is 11.5. The molecule has 2 aromatic carbocycles. The Hall–Kier alpha value is -2.66. The molecular formula is C19H22N2O3. The minimum absolute atomic E-state index is 0.121. The summed E-state index contributed by atoms with van der Waals surface area (Å²) in [5, 5.41) is 15.0. The van der Waals surface area contributed by atoms with E-state index in [9.17, 15) is 14.7 Å². The third kappa shape index (κ3) is 5.52. The van der Waals surface area contributed by atoms with Crippen molar-refractivity contribution >= 4 is 11.8 Å². The summed E-state index contributed by atoms with van der Waals surface area (Å²) >= 11 is 0. The molecule has 5 heteroatoms. The molecule has 0 spiro atoms. The molecular weight excluding hydrogens is 304 g/mol. The predicted octanol–water partition coefficient (Wildman–Crippen LogP) is 1.99. The van der Waals surface area contributed by atoms with Crippen molar-refractivity contribution in [2.75, 3.05) is 13.2 Å². The van der Waals surface area contributed by atoms with Crippen LogP contribution in [0.25, 0.3) is 0 Å². The highest BCUT2D eigenvalue weighted by Crippen LogP contribution is 2.03. The van der Waals surface area contributed by atoms with Gasteiger partial charge in [0.2, 0.25) is 0 Å². The third-order valence-electron chi connectivity index (χ3n) is 3.64. The monoisotopic (exact) mass is 326 g/mol. The van der Waals surface area contributed by atoms with E-state index in [2.05, 4.69) is 10.6 Å². The van der Waals surface area contributed by atoms with E-state index >= 15 is 0 Å². The smallest absolute Gasteiger partial charge is 0.251 e. The van der Waals surface area contributed by atoms with E-state index in [0.29, 0.717) is 30.5 Å². The standard InChI is InChI=1S/C19H22N2O3/c22-14-17(21-19(24)16-10-5-2-6-11-16)12-7-13-20-18(23)15-8-3-1-4-9-15/h1-6,8-11,17,22H,7,12-14H2,(H,20,23)(H,21,24)/t17-/m1/s1. The van der Waals surface area contributed by atoms with Gasteiger partial charge in [-0.15, -0.1) is 0 Å². The predicted molar refractivity (Wildman–Crippen MR) is 92.8 cm³/mol. The summed E-state index contributed by atoms with van der Waals surface area (Å²) in [4.78, 5) is 23.9. The second-order valence-corrected chi connectivity index (χ2v) is 5.48. The molecule has 24 heavy (non-hydrogen) atoms. The number of carbonyl (C=O) groups is 2. The van der Waals surface area contributed by atoms with Crippen LogP contribution in [-0.2, 0) is 0 Å². The molecule has 0 fully saturated rings. The molecule has 5 nitrogen and oxygen atoms in total. The maximum atomic E-state index is 12.0. The lowest BCUT2D eigenvalue weighted by Gasteiger charge is -2.16. The lowest BCUT2D eigenvalue weighted by molar-refractivity contribution is 0.0906. The van der Waals surface area contributed by atoms with Crippen LogP contribution >= 0.6 is 0 Å². The first kappa shape index (κ1) is 17.7. The second-order valence-electron chi connectivity index (χ2n) is 5.48. The highest BCUT2D eigenvalue weighted by atomic mass is 16.3. The van der Waals surface area contributed by atoms with Crippen LogP contribution in [0.15, 0.2) is 60.7 Å². The fourth-order valence-electron chi connectivity index (χ4n) is 2.31. The van der Waals surface area contributed by atoms with Crippen molar-refractivity contribution in [1.29, 1.82) is 0 Å². The Morgan fingerprint density at radius 2 is 1.42 bits per heavy atom. The molecule has 0 aromatic heterocycles. The van der Waals surface area contributed by atoms with Gasteiger partial charge in [-0.2, -0.15) is 0 Å². The van der Waals surface area contributed by atoms with Gasteiger partial charge in [-0.3, -0.25) is 9.59 Å². The molecule has 2 amide bonds. The van der Waals surface area contributed by atoms with Crippen LogP contribution in [0.1, 0.15) is 33.6 Å². The Labute approximate surface area is 141 Å². The van der Waals surface area contributed by atoms with Crippen molar-refractivity contribution in [2.24, 2.45) is 0 Å². The van der Waals surface area contributed by atoms with E-state index in [4.69, 9.17) is 0 Å². The number of amides is 2. The van der Waals surface area contributed by atoms with Gasteiger partial charge in [0, 0.05) is 17.7 Å². The average Bonchev–Trinajstić information content (AvgIpc) is 2.65. The van der Waals surface area contributed by atoms with Gasteiger partial charge >= 0.3 is 0 Å². The van der Waals surface area contributed by atoms with Crippen LogP contribution in [0.4, 0.5) is 0 Å². The number of hydrogen-bond donors (Lipinski definition) is 3. The molecule has 126 valence electrons. The minimum Gasteiger partial charge on any atom is -0.394 e. The molecule has 0 heterocycles. The molecule has 2 rings (SSSR count). The number of benzene rings is 2. The van der Waals surface area contributed by atoms with Crippen LogP contribution < -0.4 is 10.6 Å². The number of hydrogen-bond acceptors (Lipinski definition) is 3. The molecule has 0 saturated heterocycles. The molecule has 1 atom stereocenters. The van der Waals surface area contributed by atoms with Gasteiger partial charge in [0.25, 0.3) is 11.8 Å². The van der Waals surface area contributed by atoms with Crippen molar-refractivity contribution in [3.8, 4) is 0 Å². The topological polar surface area (TPSA) is 78.4 Å². The number of carbonyl (C=O) groups excluding carboxylic acids is 2. The van der Waals surface area contributed by atoms with E-state index in [1.54, 1.807) is 36.4 Å². The summed E-state index contributed by atoms with van der Waals surface area (Å²) < 4.78 is 0. The quantitative estimate of drug-likeness (QED) is 0.649. The van der Waals surface area contributed by atoms with Crippen molar-refractivity contribution in [3.63, 3.8) is 0 Å². The van der Waals surface area contributed by atoms with Gasteiger partial charge in [0.15, 0.2) is 0 Å². The van der Waals surface area contributed by atoms with Crippen LogP contribution in [0.5, 0.6) is 0 Å². The van der Waals surface area contributed by atoms with E-state index < -0.39 is 0 Å². The van der Waals surface area contributed by atoms with Gasteiger partial charge < -0.3 is 15.7 Å².